The molecule has 0 radical (unpaired) electrons. The molecule has 1 aromatic heterocycles. The molecule has 6 heteroatoms. The summed E-state index contributed by atoms with van der Waals surface area (Å²) in [5.41, 5.74) is 1.40. The van der Waals surface area contributed by atoms with Crippen LogP contribution in [-0.2, 0) is 11.3 Å². The average molecular weight is 362 g/mol. The second kappa shape index (κ2) is 7.70. The van der Waals surface area contributed by atoms with Crippen molar-refractivity contribution < 1.29 is 9.59 Å². The van der Waals surface area contributed by atoms with E-state index in [1.807, 2.05) is 12.1 Å². The van der Waals surface area contributed by atoms with Crippen molar-refractivity contribution in [3.8, 4) is 0 Å². The van der Waals surface area contributed by atoms with Crippen LogP contribution >= 0.6 is 15.9 Å². The summed E-state index contributed by atoms with van der Waals surface area (Å²) in [6.07, 6.45) is 3.36. The lowest BCUT2D eigenvalue weighted by Gasteiger charge is -2.14. The van der Waals surface area contributed by atoms with Crippen molar-refractivity contribution in [2.75, 3.05) is 0 Å². The van der Waals surface area contributed by atoms with Gasteiger partial charge in [0.15, 0.2) is 0 Å². The van der Waals surface area contributed by atoms with Gasteiger partial charge in [-0.25, -0.2) is 0 Å². The van der Waals surface area contributed by atoms with Gasteiger partial charge in [0.2, 0.25) is 5.91 Å². The molecular formula is C16H16BrN3O2. The van der Waals surface area contributed by atoms with Crippen LogP contribution in [0.15, 0.2) is 53.3 Å². The first kappa shape index (κ1) is 16.2. The first-order chi connectivity index (χ1) is 10.6. The largest absolute Gasteiger partial charge is 0.350 e. The zero-order valence-electron chi connectivity index (χ0n) is 12.0. The molecule has 1 aromatic carbocycles. The molecule has 0 spiro atoms. The zero-order chi connectivity index (χ0) is 15.9. The van der Waals surface area contributed by atoms with Crippen molar-refractivity contribution in [2.24, 2.45) is 0 Å². The number of halogens is 1. The fraction of sp³-hybridized carbons (Fsp3) is 0.188. The topological polar surface area (TPSA) is 71.1 Å². The molecule has 0 saturated carbocycles. The highest BCUT2D eigenvalue weighted by molar-refractivity contribution is 9.10. The van der Waals surface area contributed by atoms with Gasteiger partial charge >= 0.3 is 0 Å². The van der Waals surface area contributed by atoms with Crippen molar-refractivity contribution in [1.82, 2.24) is 15.6 Å². The van der Waals surface area contributed by atoms with E-state index in [1.54, 1.807) is 43.6 Å². The van der Waals surface area contributed by atoms with E-state index in [9.17, 15) is 9.59 Å². The molecule has 0 unspecified atom stereocenters. The number of hydrogen-bond donors (Lipinski definition) is 2. The Morgan fingerprint density at radius 2 is 2.00 bits per heavy atom. The maximum absolute atomic E-state index is 12.1. The molecule has 0 fully saturated rings. The highest BCUT2D eigenvalue weighted by Gasteiger charge is 2.17. The van der Waals surface area contributed by atoms with Crippen molar-refractivity contribution in [2.45, 2.75) is 19.5 Å². The molecule has 2 aromatic rings. The third-order valence-corrected chi connectivity index (χ3v) is 3.74. The van der Waals surface area contributed by atoms with Crippen molar-refractivity contribution in [3.63, 3.8) is 0 Å². The quantitative estimate of drug-likeness (QED) is 0.857. The van der Waals surface area contributed by atoms with Gasteiger partial charge in [0.25, 0.3) is 5.91 Å². The molecular weight excluding hydrogens is 346 g/mol. The summed E-state index contributed by atoms with van der Waals surface area (Å²) in [6.45, 7) is 2.02. The van der Waals surface area contributed by atoms with E-state index in [-0.39, 0.29) is 11.8 Å². The van der Waals surface area contributed by atoms with Crippen molar-refractivity contribution in [1.29, 1.82) is 0 Å². The van der Waals surface area contributed by atoms with E-state index in [2.05, 4.69) is 31.5 Å². The first-order valence-corrected chi connectivity index (χ1v) is 7.59. The second-order valence-corrected chi connectivity index (χ2v) is 5.61. The maximum atomic E-state index is 12.1. The van der Waals surface area contributed by atoms with Crippen LogP contribution in [0.3, 0.4) is 0 Å². The van der Waals surface area contributed by atoms with Gasteiger partial charge in [0.05, 0.1) is 5.56 Å². The van der Waals surface area contributed by atoms with Gasteiger partial charge in [0.1, 0.15) is 6.04 Å². The van der Waals surface area contributed by atoms with E-state index in [0.29, 0.717) is 16.6 Å². The lowest BCUT2D eigenvalue weighted by atomic mass is 10.2. The Kier molecular flexibility index (Phi) is 5.66. The zero-order valence-corrected chi connectivity index (χ0v) is 13.6. The van der Waals surface area contributed by atoms with Crippen LogP contribution in [0.4, 0.5) is 0 Å². The number of rotatable bonds is 5. The molecule has 0 bridgehead atoms. The Morgan fingerprint density at radius 1 is 1.23 bits per heavy atom. The van der Waals surface area contributed by atoms with E-state index in [1.165, 1.54) is 0 Å². The first-order valence-electron chi connectivity index (χ1n) is 6.80. The van der Waals surface area contributed by atoms with Crippen LogP contribution in [0.1, 0.15) is 22.8 Å². The van der Waals surface area contributed by atoms with Gasteiger partial charge in [-0.2, -0.15) is 0 Å². The molecule has 2 N–H and O–H groups in total. The number of aromatic nitrogens is 1. The molecule has 0 aliphatic carbocycles. The summed E-state index contributed by atoms with van der Waals surface area (Å²) in [6, 6.07) is 10.1. The summed E-state index contributed by atoms with van der Waals surface area (Å²) in [7, 11) is 0. The average Bonchev–Trinajstić information content (AvgIpc) is 2.53. The third-order valence-electron chi connectivity index (χ3n) is 3.05. The van der Waals surface area contributed by atoms with E-state index in [4.69, 9.17) is 0 Å². The van der Waals surface area contributed by atoms with Crippen LogP contribution in [0, 0.1) is 0 Å². The fourth-order valence-corrected chi connectivity index (χ4v) is 2.30. The predicted molar refractivity (Wildman–Crippen MR) is 87.2 cm³/mol. The fourth-order valence-electron chi connectivity index (χ4n) is 1.83. The Labute approximate surface area is 137 Å². The highest BCUT2D eigenvalue weighted by Crippen LogP contribution is 2.15. The molecule has 2 rings (SSSR count). The van der Waals surface area contributed by atoms with Crippen molar-refractivity contribution >= 4 is 27.7 Å². The van der Waals surface area contributed by atoms with Crippen LogP contribution in [-0.4, -0.2) is 22.8 Å². The lowest BCUT2D eigenvalue weighted by molar-refractivity contribution is -0.122. The highest BCUT2D eigenvalue weighted by atomic mass is 79.9. The summed E-state index contributed by atoms with van der Waals surface area (Å²) in [5.74, 6) is -0.541. The smallest absolute Gasteiger partial charge is 0.253 e. The van der Waals surface area contributed by atoms with E-state index < -0.39 is 6.04 Å². The lowest BCUT2D eigenvalue weighted by Crippen LogP contribution is -2.44. The maximum Gasteiger partial charge on any atom is 0.253 e. The second-order valence-electron chi connectivity index (χ2n) is 4.75. The Hall–Kier alpha value is -2.21. The van der Waals surface area contributed by atoms with Crippen molar-refractivity contribution in [3.05, 3.63) is 64.4 Å². The summed E-state index contributed by atoms with van der Waals surface area (Å²) >= 11 is 3.32. The number of pyridine rings is 1. The van der Waals surface area contributed by atoms with Crippen LogP contribution in [0.5, 0.6) is 0 Å². The van der Waals surface area contributed by atoms with Crippen LogP contribution in [0.25, 0.3) is 0 Å². The number of nitrogens with zero attached hydrogens (tertiary/aromatic N) is 1. The molecule has 5 nitrogen and oxygen atoms in total. The summed E-state index contributed by atoms with van der Waals surface area (Å²) in [4.78, 5) is 28.1. The monoisotopic (exact) mass is 361 g/mol. The number of carbonyl (C=O) groups is 2. The minimum atomic E-state index is -0.628. The molecule has 1 atom stereocenters. The molecule has 2 amide bonds. The van der Waals surface area contributed by atoms with Gasteiger partial charge < -0.3 is 10.6 Å². The molecule has 0 aliphatic heterocycles. The van der Waals surface area contributed by atoms with Gasteiger partial charge in [-0.1, -0.05) is 18.2 Å². The predicted octanol–water partition coefficient (Wildman–Crippen LogP) is 2.28. The summed E-state index contributed by atoms with van der Waals surface area (Å²) < 4.78 is 0.690. The van der Waals surface area contributed by atoms with E-state index in [0.717, 1.165) is 5.56 Å². The number of amides is 2. The minimum Gasteiger partial charge on any atom is -0.350 e. The van der Waals surface area contributed by atoms with Crippen LogP contribution < -0.4 is 10.6 Å². The van der Waals surface area contributed by atoms with Gasteiger partial charge in [-0.05, 0) is 46.6 Å². The number of nitrogens with one attached hydrogen (secondary N) is 2. The van der Waals surface area contributed by atoms with Gasteiger partial charge in [0, 0.05) is 23.4 Å². The minimum absolute atomic E-state index is 0.246. The molecule has 22 heavy (non-hydrogen) atoms. The Morgan fingerprint density at radius 3 is 2.68 bits per heavy atom. The summed E-state index contributed by atoms with van der Waals surface area (Å²) in [5, 5.41) is 5.44. The van der Waals surface area contributed by atoms with Gasteiger partial charge in [-0.15, -0.1) is 0 Å². The third kappa shape index (κ3) is 4.39. The van der Waals surface area contributed by atoms with Crippen LogP contribution in [0.2, 0.25) is 0 Å². The molecule has 1 heterocycles. The normalized spacial score (nSPS) is 11.5. The molecule has 0 saturated heterocycles. The molecule has 0 aliphatic rings. The number of benzene rings is 1. The van der Waals surface area contributed by atoms with Gasteiger partial charge in [-0.3, -0.25) is 14.6 Å². The Balaban J connectivity index is 1.89. The number of carbonyl (C=O) groups excluding carboxylic acids is 2. The van der Waals surface area contributed by atoms with E-state index >= 15 is 0 Å². The molecule has 114 valence electrons. The number of hydrogen-bond acceptors (Lipinski definition) is 3. The Bertz CT molecular complexity index is 661. The standard InChI is InChI=1S/C16H16BrN3O2/c1-11(15(21)19-10-12-5-4-8-18-9-12)20-16(22)13-6-2-3-7-14(13)17/h2-9,11H,10H2,1H3,(H,19,21)(H,20,22)/t11-/m1/s1. The SMILES string of the molecule is C[C@@H](NC(=O)c1ccccc1Br)C(=O)NCc1cccnc1.